The highest BCUT2D eigenvalue weighted by Gasteiger charge is 2.62. The van der Waals surface area contributed by atoms with Crippen LogP contribution in [0.4, 0.5) is 0 Å². The van der Waals surface area contributed by atoms with Gasteiger partial charge in [-0.3, -0.25) is 9.59 Å². The molecule has 0 bridgehead atoms. The highest BCUT2D eigenvalue weighted by molar-refractivity contribution is 5.82. The number of amides is 2. The zero-order chi connectivity index (χ0) is 28.5. The van der Waals surface area contributed by atoms with Gasteiger partial charge in [-0.25, -0.2) is 4.79 Å². The molecule has 0 aliphatic heterocycles. The lowest BCUT2D eigenvalue weighted by atomic mass is 9.43. The predicted octanol–water partition coefficient (Wildman–Crippen LogP) is 3.88. The van der Waals surface area contributed by atoms with E-state index < -0.39 is 12.0 Å². The first-order valence-electron chi connectivity index (χ1n) is 15.5. The van der Waals surface area contributed by atoms with Crippen molar-refractivity contribution in [3.63, 3.8) is 0 Å². The van der Waals surface area contributed by atoms with E-state index in [-0.39, 0.29) is 41.3 Å². The van der Waals surface area contributed by atoms with Gasteiger partial charge in [0, 0.05) is 19.9 Å². The van der Waals surface area contributed by atoms with Crippen molar-refractivity contribution in [1.82, 2.24) is 10.6 Å². The molecule has 222 valence electrons. The molecule has 5 N–H and O–H groups in total. The standard InChI is InChI=1S/C31H52N2O6/c1-18(7-10-27(37)32-15-5-6-25(29(38)39)33-19(2)34)22-8-9-23-28-24(12-14-31(22,23)4)30(3)13-11-21(35)16-20(30)17-26(28)36/h18,20-26,28,35-36H,5-17H2,1-4H3,(H,32,37)(H,33,34)(H,38,39)/t18-,20+,21-,22-,23+,24+,25+,26-,28+,30+,31-/m1/s1. The summed E-state index contributed by atoms with van der Waals surface area (Å²) < 4.78 is 0. The van der Waals surface area contributed by atoms with E-state index >= 15 is 0 Å². The molecule has 4 saturated carbocycles. The first-order chi connectivity index (χ1) is 18.4. The number of aliphatic hydroxyl groups is 2. The van der Waals surface area contributed by atoms with E-state index in [0.29, 0.717) is 54.9 Å². The van der Waals surface area contributed by atoms with Crippen molar-refractivity contribution < 1.29 is 29.7 Å². The van der Waals surface area contributed by atoms with Crippen LogP contribution in [0.1, 0.15) is 105 Å². The van der Waals surface area contributed by atoms with Crippen LogP contribution in [0, 0.1) is 46.3 Å². The van der Waals surface area contributed by atoms with Gasteiger partial charge >= 0.3 is 5.97 Å². The lowest BCUT2D eigenvalue weighted by Crippen LogP contribution is -2.58. The molecule has 4 aliphatic carbocycles. The smallest absolute Gasteiger partial charge is 0.326 e. The lowest BCUT2D eigenvalue weighted by molar-refractivity contribution is -0.174. The number of carbonyl (C=O) groups is 3. The van der Waals surface area contributed by atoms with Gasteiger partial charge in [0.25, 0.3) is 0 Å². The number of aliphatic hydroxyl groups excluding tert-OH is 2. The van der Waals surface area contributed by atoms with E-state index in [9.17, 15) is 29.7 Å². The van der Waals surface area contributed by atoms with Crippen LogP contribution in [0.2, 0.25) is 0 Å². The van der Waals surface area contributed by atoms with Gasteiger partial charge in [0.15, 0.2) is 0 Å². The number of carboxylic acids is 1. The molecule has 8 nitrogen and oxygen atoms in total. The SMILES string of the molecule is CC(=O)N[C@@H](CCCNC(=O)CC[C@@H](C)[C@H]1CC[C@H]2[C@@H]3[C@H](O)C[C@@H]4C[C@H](O)CC[C@]4(C)[C@H]3CC[C@]12C)C(=O)O. The molecule has 0 aromatic heterocycles. The molecule has 0 aromatic carbocycles. The van der Waals surface area contributed by atoms with Crippen molar-refractivity contribution in [1.29, 1.82) is 0 Å². The van der Waals surface area contributed by atoms with Gasteiger partial charge < -0.3 is 26.0 Å². The Morgan fingerprint density at radius 2 is 1.64 bits per heavy atom. The second-order valence-corrected chi connectivity index (χ2v) is 14.1. The van der Waals surface area contributed by atoms with Gasteiger partial charge in [-0.1, -0.05) is 20.8 Å². The van der Waals surface area contributed by atoms with Crippen molar-refractivity contribution in [2.75, 3.05) is 6.54 Å². The molecular formula is C31H52N2O6. The molecule has 0 radical (unpaired) electrons. The number of fused-ring (bicyclic) bond motifs is 5. The molecule has 0 saturated heterocycles. The molecule has 4 rings (SSSR count). The zero-order valence-electron chi connectivity index (χ0n) is 24.5. The van der Waals surface area contributed by atoms with Crippen LogP contribution in [0.5, 0.6) is 0 Å². The largest absolute Gasteiger partial charge is 0.480 e. The van der Waals surface area contributed by atoms with E-state index in [1.807, 2.05) is 0 Å². The Bertz CT molecular complexity index is 912. The van der Waals surface area contributed by atoms with Crippen LogP contribution in [-0.4, -0.2) is 57.9 Å². The van der Waals surface area contributed by atoms with Gasteiger partial charge in [-0.05, 0) is 117 Å². The lowest BCUT2D eigenvalue weighted by Gasteiger charge is -2.62. The highest BCUT2D eigenvalue weighted by atomic mass is 16.4. The fourth-order valence-electron chi connectivity index (χ4n) is 9.86. The third kappa shape index (κ3) is 6.17. The van der Waals surface area contributed by atoms with Crippen molar-refractivity contribution in [3.05, 3.63) is 0 Å². The van der Waals surface area contributed by atoms with Gasteiger partial charge in [-0.2, -0.15) is 0 Å². The summed E-state index contributed by atoms with van der Waals surface area (Å²) in [6.07, 6.45) is 9.92. The first-order valence-corrected chi connectivity index (χ1v) is 15.5. The Labute approximate surface area is 234 Å². The molecule has 0 heterocycles. The molecule has 4 fully saturated rings. The molecule has 8 heteroatoms. The average molecular weight is 549 g/mol. The van der Waals surface area contributed by atoms with Crippen LogP contribution in [0.3, 0.4) is 0 Å². The second kappa shape index (κ2) is 12.1. The van der Waals surface area contributed by atoms with Crippen molar-refractivity contribution in [2.24, 2.45) is 46.3 Å². The van der Waals surface area contributed by atoms with Crippen LogP contribution in [0.15, 0.2) is 0 Å². The fourth-order valence-corrected chi connectivity index (χ4v) is 9.86. The Balaban J connectivity index is 1.28. The molecule has 39 heavy (non-hydrogen) atoms. The molecule has 0 unspecified atom stereocenters. The first kappa shape index (κ1) is 30.3. The zero-order valence-corrected chi connectivity index (χ0v) is 24.5. The van der Waals surface area contributed by atoms with Crippen LogP contribution in [0.25, 0.3) is 0 Å². The minimum Gasteiger partial charge on any atom is -0.480 e. The number of nitrogens with one attached hydrogen (secondary N) is 2. The number of hydrogen-bond acceptors (Lipinski definition) is 5. The van der Waals surface area contributed by atoms with Gasteiger partial charge in [0.1, 0.15) is 6.04 Å². The summed E-state index contributed by atoms with van der Waals surface area (Å²) in [7, 11) is 0. The number of rotatable bonds is 10. The summed E-state index contributed by atoms with van der Waals surface area (Å²) in [6, 6.07) is -0.925. The molecule has 4 aliphatic rings. The van der Waals surface area contributed by atoms with Crippen LogP contribution < -0.4 is 10.6 Å². The quantitative estimate of drug-likeness (QED) is 0.263. The topological polar surface area (TPSA) is 136 Å². The number of aliphatic carboxylic acids is 1. The molecule has 0 spiro atoms. The molecular weight excluding hydrogens is 496 g/mol. The number of carbonyl (C=O) groups excluding carboxylic acids is 2. The maximum atomic E-state index is 12.6. The van der Waals surface area contributed by atoms with Crippen molar-refractivity contribution in [3.8, 4) is 0 Å². The summed E-state index contributed by atoms with van der Waals surface area (Å²) in [6.45, 7) is 8.90. The third-order valence-electron chi connectivity index (χ3n) is 11.9. The van der Waals surface area contributed by atoms with Crippen LogP contribution >= 0.6 is 0 Å². The van der Waals surface area contributed by atoms with E-state index in [1.165, 1.54) is 26.2 Å². The third-order valence-corrected chi connectivity index (χ3v) is 11.9. The van der Waals surface area contributed by atoms with E-state index in [0.717, 1.165) is 38.5 Å². The summed E-state index contributed by atoms with van der Waals surface area (Å²) in [5.74, 6) is 1.40. The fraction of sp³-hybridized carbons (Fsp3) is 0.903. The summed E-state index contributed by atoms with van der Waals surface area (Å²) >= 11 is 0. The predicted molar refractivity (Wildman–Crippen MR) is 148 cm³/mol. The highest BCUT2D eigenvalue weighted by Crippen LogP contribution is 2.68. The van der Waals surface area contributed by atoms with Gasteiger partial charge in [0.2, 0.25) is 11.8 Å². The monoisotopic (exact) mass is 548 g/mol. The second-order valence-electron chi connectivity index (χ2n) is 14.1. The van der Waals surface area contributed by atoms with Gasteiger partial charge in [-0.15, -0.1) is 0 Å². The minimum atomic E-state index is -1.06. The maximum absolute atomic E-state index is 12.6. The number of carboxylic acid groups (broad SMARTS) is 1. The van der Waals surface area contributed by atoms with E-state index in [2.05, 4.69) is 31.4 Å². The molecule has 11 atom stereocenters. The van der Waals surface area contributed by atoms with Crippen molar-refractivity contribution >= 4 is 17.8 Å². The average Bonchev–Trinajstić information content (AvgIpc) is 3.22. The summed E-state index contributed by atoms with van der Waals surface area (Å²) in [5.41, 5.74) is 0.434. The van der Waals surface area contributed by atoms with E-state index in [1.54, 1.807) is 0 Å². The Morgan fingerprint density at radius 3 is 2.33 bits per heavy atom. The minimum absolute atomic E-state index is 0.00202. The van der Waals surface area contributed by atoms with E-state index in [4.69, 9.17) is 0 Å². The summed E-state index contributed by atoms with van der Waals surface area (Å²) in [5, 5.41) is 36.3. The van der Waals surface area contributed by atoms with Crippen LogP contribution in [-0.2, 0) is 14.4 Å². The Kier molecular flexibility index (Phi) is 9.36. The number of hydrogen-bond donors (Lipinski definition) is 5. The Morgan fingerprint density at radius 1 is 0.949 bits per heavy atom. The maximum Gasteiger partial charge on any atom is 0.326 e. The summed E-state index contributed by atoms with van der Waals surface area (Å²) in [4.78, 5) is 35.0. The Hall–Kier alpha value is -1.67. The van der Waals surface area contributed by atoms with Crippen molar-refractivity contribution in [2.45, 2.75) is 123 Å². The normalized spacial score (nSPS) is 40.9. The molecule has 2 amide bonds. The van der Waals surface area contributed by atoms with Gasteiger partial charge in [0.05, 0.1) is 12.2 Å². The molecule has 0 aromatic rings.